The average molecular weight is 475 g/mol. The second-order valence-electron chi connectivity index (χ2n) is 10.7. The highest BCUT2D eigenvalue weighted by atomic mass is 16.2. The van der Waals surface area contributed by atoms with E-state index < -0.39 is 0 Å². The summed E-state index contributed by atoms with van der Waals surface area (Å²) in [6, 6.07) is 0.135. The maximum absolute atomic E-state index is 13.3. The summed E-state index contributed by atoms with van der Waals surface area (Å²) in [4.78, 5) is 38.1. The lowest BCUT2D eigenvalue weighted by Gasteiger charge is -2.24. The number of aryl methyl sites for hydroxylation is 2. The van der Waals surface area contributed by atoms with Crippen LogP contribution in [-0.4, -0.2) is 59.4 Å². The summed E-state index contributed by atoms with van der Waals surface area (Å²) < 4.78 is 2.07. The smallest absolute Gasteiger partial charge is 0.226 e. The number of carbonyl (C=O) groups excluding carboxylic acids is 1. The zero-order valence-corrected chi connectivity index (χ0v) is 20.9. The third-order valence-corrected chi connectivity index (χ3v) is 8.47. The minimum atomic E-state index is 0.135. The predicted molar refractivity (Wildman–Crippen MR) is 134 cm³/mol. The number of likely N-dealkylation sites (tertiary alicyclic amines) is 1. The van der Waals surface area contributed by atoms with Crippen LogP contribution in [0.2, 0.25) is 0 Å². The van der Waals surface area contributed by atoms with Gasteiger partial charge >= 0.3 is 0 Å². The van der Waals surface area contributed by atoms with Crippen molar-refractivity contribution >= 4 is 22.9 Å². The second kappa shape index (κ2) is 8.53. The molecule has 3 fully saturated rings. The summed E-state index contributed by atoms with van der Waals surface area (Å²) in [6.45, 7) is 8.40. The predicted octanol–water partition coefficient (Wildman–Crippen LogP) is 3.84. The van der Waals surface area contributed by atoms with Crippen LogP contribution in [0, 0.1) is 24.2 Å². The largest absolute Gasteiger partial charge is 0.363 e. The molecule has 0 aromatic carbocycles. The quantitative estimate of drug-likeness (QED) is 0.599. The van der Waals surface area contributed by atoms with Crippen molar-refractivity contribution in [1.29, 1.82) is 0 Å². The van der Waals surface area contributed by atoms with Gasteiger partial charge in [0.05, 0.1) is 5.56 Å². The minimum absolute atomic E-state index is 0.135. The summed E-state index contributed by atoms with van der Waals surface area (Å²) >= 11 is 0. The van der Waals surface area contributed by atoms with E-state index in [9.17, 15) is 4.79 Å². The Bertz CT molecular complexity index is 1250. The van der Waals surface area contributed by atoms with Crippen LogP contribution in [0.15, 0.2) is 18.7 Å². The van der Waals surface area contributed by atoms with Crippen molar-refractivity contribution < 1.29 is 4.79 Å². The topological polar surface area (TPSA) is 102 Å². The minimum Gasteiger partial charge on any atom is -0.363 e. The molecule has 3 atom stereocenters. The number of aromatic nitrogens is 6. The van der Waals surface area contributed by atoms with E-state index in [0.29, 0.717) is 23.8 Å². The molecule has 35 heavy (non-hydrogen) atoms. The molecular weight excluding hydrogens is 440 g/mol. The molecule has 1 aliphatic heterocycles. The summed E-state index contributed by atoms with van der Waals surface area (Å²) in [5.41, 5.74) is 2.71. The number of rotatable bonds is 5. The Morgan fingerprint density at radius 3 is 2.63 bits per heavy atom. The first-order valence-corrected chi connectivity index (χ1v) is 13.0. The maximum Gasteiger partial charge on any atom is 0.226 e. The van der Waals surface area contributed by atoms with Gasteiger partial charge in [-0.3, -0.25) is 4.79 Å². The molecule has 2 saturated carbocycles. The fourth-order valence-corrected chi connectivity index (χ4v) is 6.31. The molecule has 9 heteroatoms. The maximum atomic E-state index is 13.3. The van der Waals surface area contributed by atoms with E-state index in [4.69, 9.17) is 4.98 Å². The molecule has 3 aromatic heterocycles. The zero-order valence-electron chi connectivity index (χ0n) is 20.9. The van der Waals surface area contributed by atoms with Crippen molar-refractivity contribution in [3.05, 3.63) is 24.5 Å². The number of nitrogens with one attached hydrogen (secondary N) is 1. The van der Waals surface area contributed by atoms with Gasteiger partial charge in [0.2, 0.25) is 5.91 Å². The number of carbonyl (C=O) groups is 1. The lowest BCUT2D eigenvalue weighted by molar-refractivity contribution is -0.132. The highest BCUT2D eigenvalue weighted by molar-refractivity contribution is 5.87. The van der Waals surface area contributed by atoms with E-state index in [-0.39, 0.29) is 12.0 Å². The Morgan fingerprint density at radius 2 is 1.89 bits per heavy atom. The van der Waals surface area contributed by atoms with Crippen molar-refractivity contribution in [3.63, 3.8) is 0 Å². The molecule has 1 N–H and O–H groups in total. The summed E-state index contributed by atoms with van der Waals surface area (Å²) in [6.07, 6.45) is 12.7. The molecule has 3 aromatic rings. The van der Waals surface area contributed by atoms with E-state index >= 15 is 0 Å². The van der Waals surface area contributed by atoms with E-state index in [2.05, 4.69) is 48.6 Å². The molecule has 1 amide bonds. The fourth-order valence-electron chi connectivity index (χ4n) is 6.31. The number of hydrogen-bond donors (Lipinski definition) is 1. The summed E-state index contributed by atoms with van der Waals surface area (Å²) in [5.74, 6) is 3.19. The zero-order chi connectivity index (χ0) is 24.2. The molecule has 3 aliphatic rings. The Balaban J connectivity index is 1.22. The van der Waals surface area contributed by atoms with Gasteiger partial charge in [-0.15, -0.1) is 0 Å². The van der Waals surface area contributed by atoms with Crippen LogP contribution in [0.3, 0.4) is 0 Å². The second-order valence-corrected chi connectivity index (χ2v) is 10.7. The van der Waals surface area contributed by atoms with Crippen molar-refractivity contribution in [2.45, 2.75) is 71.9 Å². The van der Waals surface area contributed by atoms with Gasteiger partial charge in [0.1, 0.15) is 18.0 Å². The number of imidazole rings is 1. The molecule has 3 unspecified atom stereocenters. The van der Waals surface area contributed by atoms with Crippen LogP contribution in [0.25, 0.3) is 22.6 Å². The molecule has 2 aliphatic carbocycles. The SMILES string of the molecule is CCn1c(-c2cnc(C)nc2)nc2c(NC3CN(C(=O)C4CC45CCCCC5)CC3C)ncnc21. The lowest BCUT2D eigenvalue weighted by Crippen LogP contribution is -2.34. The monoisotopic (exact) mass is 474 g/mol. The van der Waals surface area contributed by atoms with Crippen LogP contribution >= 0.6 is 0 Å². The highest BCUT2D eigenvalue weighted by Crippen LogP contribution is 2.62. The normalized spacial score (nSPS) is 25.3. The number of anilines is 1. The van der Waals surface area contributed by atoms with Crippen LogP contribution in [-0.2, 0) is 11.3 Å². The molecule has 184 valence electrons. The molecule has 1 saturated heterocycles. The van der Waals surface area contributed by atoms with Gasteiger partial charge in [-0.05, 0) is 44.4 Å². The third-order valence-electron chi connectivity index (χ3n) is 8.47. The van der Waals surface area contributed by atoms with Gasteiger partial charge in [-0.2, -0.15) is 0 Å². The van der Waals surface area contributed by atoms with Crippen LogP contribution in [0.5, 0.6) is 0 Å². The van der Waals surface area contributed by atoms with E-state index in [0.717, 1.165) is 53.7 Å². The lowest BCUT2D eigenvalue weighted by atomic mass is 9.84. The average Bonchev–Trinajstić information content (AvgIpc) is 3.21. The molecule has 1 spiro atoms. The number of amides is 1. The van der Waals surface area contributed by atoms with Crippen molar-refractivity contribution in [2.75, 3.05) is 18.4 Å². The molecule has 9 nitrogen and oxygen atoms in total. The first kappa shape index (κ1) is 22.4. The van der Waals surface area contributed by atoms with Gasteiger partial charge < -0.3 is 14.8 Å². The Labute approximate surface area is 205 Å². The van der Waals surface area contributed by atoms with Crippen LogP contribution < -0.4 is 5.32 Å². The van der Waals surface area contributed by atoms with E-state index in [1.54, 1.807) is 18.7 Å². The van der Waals surface area contributed by atoms with Gasteiger partial charge in [0.15, 0.2) is 17.0 Å². The standard InChI is InChI=1S/C26H34N8O/c1-4-34-23(18-11-27-17(3)28-12-18)32-21-22(29-15-30-24(21)34)31-20-14-33(13-16(20)2)25(35)19-10-26(19)8-6-5-7-9-26/h11-12,15-16,19-20H,4-10,13-14H2,1-3H3,(H,29,30,31). The molecule has 0 bridgehead atoms. The van der Waals surface area contributed by atoms with E-state index in [1.165, 1.54) is 32.1 Å². The first-order valence-electron chi connectivity index (χ1n) is 13.0. The Hall–Kier alpha value is -3.10. The third kappa shape index (κ3) is 3.85. The van der Waals surface area contributed by atoms with Crippen LogP contribution in [0.1, 0.15) is 58.2 Å². The fraction of sp³-hybridized carbons (Fsp3) is 0.615. The number of fused-ring (bicyclic) bond motifs is 1. The Morgan fingerprint density at radius 1 is 1.11 bits per heavy atom. The molecule has 4 heterocycles. The summed E-state index contributed by atoms with van der Waals surface area (Å²) in [5, 5.41) is 3.62. The number of hydrogen-bond acceptors (Lipinski definition) is 7. The van der Waals surface area contributed by atoms with Gasteiger partial charge in [-0.25, -0.2) is 24.9 Å². The molecule has 0 radical (unpaired) electrons. The van der Waals surface area contributed by atoms with Crippen molar-refractivity contribution in [2.24, 2.45) is 17.3 Å². The van der Waals surface area contributed by atoms with E-state index in [1.807, 2.05) is 6.92 Å². The molecular formula is C26H34N8O. The highest BCUT2D eigenvalue weighted by Gasteiger charge is 2.59. The Kier molecular flexibility index (Phi) is 5.45. The molecule has 6 rings (SSSR count). The summed E-state index contributed by atoms with van der Waals surface area (Å²) in [7, 11) is 0. The first-order chi connectivity index (χ1) is 17.0. The van der Waals surface area contributed by atoms with Gasteiger partial charge in [0.25, 0.3) is 0 Å². The van der Waals surface area contributed by atoms with Crippen molar-refractivity contribution in [3.8, 4) is 11.4 Å². The number of nitrogens with zero attached hydrogens (tertiary/aromatic N) is 7. The van der Waals surface area contributed by atoms with Crippen LogP contribution in [0.4, 0.5) is 5.82 Å². The van der Waals surface area contributed by atoms with Crippen molar-refractivity contribution in [1.82, 2.24) is 34.4 Å². The van der Waals surface area contributed by atoms with Gasteiger partial charge in [0, 0.05) is 44.0 Å². The van der Waals surface area contributed by atoms with Gasteiger partial charge in [-0.1, -0.05) is 26.2 Å².